The van der Waals surface area contributed by atoms with E-state index >= 15 is 0 Å². The lowest BCUT2D eigenvalue weighted by molar-refractivity contribution is -0.123. The molecule has 3 aromatic carbocycles. The fourth-order valence-corrected chi connectivity index (χ4v) is 4.87. The van der Waals surface area contributed by atoms with Crippen molar-refractivity contribution in [1.82, 2.24) is 10.0 Å². The molecule has 0 aliphatic heterocycles. The number of hydrogen-bond donors (Lipinski definition) is 2. The molecule has 0 fully saturated rings. The lowest BCUT2D eigenvalue weighted by Gasteiger charge is -2.16. The highest BCUT2D eigenvalue weighted by Crippen LogP contribution is 2.21. The van der Waals surface area contributed by atoms with E-state index in [2.05, 4.69) is 10.0 Å². The van der Waals surface area contributed by atoms with Crippen molar-refractivity contribution in [2.45, 2.75) is 35.7 Å². The Hall–Kier alpha value is -2.81. The summed E-state index contributed by atoms with van der Waals surface area (Å²) in [6, 6.07) is 22.9. The van der Waals surface area contributed by atoms with E-state index in [4.69, 9.17) is 4.74 Å². The third-order valence-corrected chi connectivity index (χ3v) is 7.43. The van der Waals surface area contributed by atoms with Crippen LogP contribution < -0.4 is 14.8 Å². The highest BCUT2D eigenvalue weighted by atomic mass is 32.2. The Morgan fingerprint density at radius 1 is 0.879 bits per heavy atom. The Morgan fingerprint density at radius 3 is 2.09 bits per heavy atom. The molecule has 0 aromatic heterocycles. The first-order chi connectivity index (χ1) is 15.8. The zero-order chi connectivity index (χ0) is 23.8. The molecule has 0 saturated carbocycles. The van der Waals surface area contributed by atoms with Crippen LogP contribution in [0, 0.1) is 0 Å². The summed E-state index contributed by atoms with van der Waals surface area (Å²) in [4.78, 5) is 13.6. The minimum atomic E-state index is -3.69. The molecular weight excluding hydrogens is 456 g/mol. The smallest absolute Gasteiger partial charge is 0.258 e. The predicted molar refractivity (Wildman–Crippen MR) is 132 cm³/mol. The molecule has 0 unspecified atom stereocenters. The molecule has 33 heavy (non-hydrogen) atoms. The molecule has 0 aliphatic carbocycles. The van der Waals surface area contributed by atoms with Crippen molar-refractivity contribution in [1.29, 1.82) is 0 Å². The third-order valence-electron chi connectivity index (χ3n) is 5.13. The van der Waals surface area contributed by atoms with Crippen LogP contribution in [0.25, 0.3) is 0 Å². The number of amides is 1. The second kappa shape index (κ2) is 11.4. The van der Waals surface area contributed by atoms with Crippen molar-refractivity contribution in [3.63, 3.8) is 0 Å². The van der Waals surface area contributed by atoms with Crippen LogP contribution >= 0.6 is 11.8 Å². The summed E-state index contributed by atoms with van der Waals surface area (Å²) in [6.45, 7) is 3.54. The van der Waals surface area contributed by atoms with Gasteiger partial charge in [-0.25, -0.2) is 13.1 Å². The van der Waals surface area contributed by atoms with E-state index in [1.54, 1.807) is 30.8 Å². The van der Waals surface area contributed by atoms with Gasteiger partial charge < -0.3 is 10.1 Å². The summed E-state index contributed by atoms with van der Waals surface area (Å²) in [5, 5.41) is 2.90. The fourth-order valence-electron chi connectivity index (χ4n) is 3.23. The average molecular weight is 485 g/mol. The highest BCUT2D eigenvalue weighted by Gasteiger charge is 2.18. The van der Waals surface area contributed by atoms with Crippen molar-refractivity contribution in [2.75, 3.05) is 12.9 Å². The monoisotopic (exact) mass is 484 g/mol. The Balaban J connectivity index is 1.52. The fraction of sp³-hybridized carbons (Fsp3) is 0.240. The number of sulfonamides is 1. The number of benzene rings is 3. The number of hydrogen-bond acceptors (Lipinski definition) is 5. The summed E-state index contributed by atoms with van der Waals surface area (Å²) < 4.78 is 33.5. The van der Waals surface area contributed by atoms with E-state index in [1.807, 2.05) is 67.8 Å². The second-order valence-electron chi connectivity index (χ2n) is 7.58. The Kier molecular flexibility index (Phi) is 8.55. The molecule has 0 bridgehead atoms. The van der Waals surface area contributed by atoms with Gasteiger partial charge in [-0.05, 0) is 67.6 Å². The van der Waals surface area contributed by atoms with Crippen molar-refractivity contribution in [3.05, 3.63) is 90.0 Å². The largest absolute Gasteiger partial charge is 0.484 e. The summed E-state index contributed by atoms with van der Waals surface area (Å²) in [5.41, 5.74) is 1.88. The van der Waals surface area contributed by atoms with Gasteiger partial charge in [-0.2, -0.15) is 0 Å². The normalized spacial score (nSPS) is 13.2. The molecule has 0 radical (unpaired) electrons. The van der Waals surface area contributed by atoms with Crippen LogP contribution in [-0.4, -0.2) is 27.2 Å². The number of carbonyl (C=O) groups is 1. The number of ether oxygens (including phenoxy) is 1. The van der Waals surface area contributed by atoms with Gasteiger partial charge in [0.1, 0.15) is 5.75 Å². The minimum absolute atomic E-state index is 0.129. The maximum atomic E-state index is 12.7. The lowest BCUT2D eigenvalue weighted by atomic mass is 10.1. The van der Waals surface area contributed by atoms with Crippen molar-refractivity contribution in [2.24, 2.45) is 0 Å². The van der Waals surface area contributed by atoms with E-state index in [0.29, 0.717) is 5.75 Å². The third kappa shape index (κ3) is 7.08. The van der Waals surface area contributed by atoms with Gasteiger partial charge in [0.05, 0.1) is 10.9 Å². The first-order valence-corrected chi connectivity index (χ1v) is 13.2. The number of thioether (sulfide) groups is 1. The standard InChI is InChI=1S/C25H28N2O4S2/c1-18(21-9-13-23(32-3)14-10-21)26-25(28)17-31-22-11-15-24(16-12-22)33(29,30)27-19(2)20-7-5-4-6-8-20/h4-16,18-19,27H,17H2,1-3H3,(H,26,28)/t18-,19+/m1/s1. The van der Waals surface area contributed by atoms with Gasteiger partial charge in [-0.1, -0.05) is 42.5 Å². The number of nitrogens with one attached hydrogen (secondary N) is 2. The SMILES string of the molecule is CSc1ccc([C@@H](C)NC(=O)COc2ccc(S(=O)(=O)N[C@@H](C)c3ccccc3)cc2)cc1. The van der Waals surface area contributed by atoms with Crippen LogP contribution in [-0.2, 0) is 14.8 Å². The van der Waals surface area contributed by atoms with Crippen molar-refractivity contribution in [3.8, 4) is 5.75 Å². The lowest BCUT2D eigenvalue weighted by Crippen LogP contribution is -2.31. The Labute approximate surface area is 199 Å². The molecule has 2 N–H and O–H groups in total. The average Bonchev–Trinajstić information content (AvgIpc) is 2.83. The molecule has 2 atom stereocenters. The maximum Gasteiger partial charge on any atom is 0.258 e. The predicted octanol–water partition coefficient (Wildman–Crippen LogP) is 4.70. The van der Waals surface area contributed by atoms with Crippen LogP contribution in [0.4, 0.5) is 0 Å². The van der Waals surface area contributed by atoms with E-state index in [9.17, 15) is 13.2 Å². The zero-order valence-electron chi connectivity index (χ0n) is 18.8. The van der Waals surface area contributed by atoms with Gasteiger partial charge in [0.25, 0.3) is 5.91 Å². The molecule has 6 nitrogen and oxygen atoms in total. The van der Waals surface area contributed by atoms with Crippen LogP contribution in [0.1, 0.15) is 37.1 Å². The first kappa shape index (κ1) is 24.8. The summed E-state index contributed by atoms with van der Waals surface area (Å²) >= 11 is 1.66. The van der Waals surface area contributed by atoms with E-state index < -0.39 is 10.0 Å². The molecule has 3 aromatic rings. The molecular formula is C25H28N2O4S2. The number of rotatable bonds is 10. The van der Waals surface area contributed by atoms with Gasteiger partial charge >= 0.3 is 0 Å². The zero-order valence-corrected chi connectivity index (χ0v) is 20.4. The topological polar surface area (TPSA) is 84.5 Å². The van der Waals surface area contributed by atoms with Crippen LogP contribution in [0.3, 0.4) is 0 Å². The quantitative estimate of drug-likeness (QED) is 0.407. The summed E-state index contributed by atoms with van der Waals surface area (Å²) in [7, 11) is -3.69. The highest BCUT2D eigenvalue weighted by molar-refractivity contribution is 7.98. The van der Waals surface area contributed by atoms with Crippen molar-refractivity contribution < 1.29 is 17.9 Å². The van der Waals surface area contributed by atoms with Gasteiger partial charge in [-0.3, -0.25) is 4.79 Å². The van der Waals surface area contributed by atoms with Gasteiger partial charge in [0, 0.05) is 10.9 Å². The van der Waals surface area contributed by atoms with E-state index in [0.717, 1.165) is 16.0 Å². The molecule has 8 heteroatoms. The first-order valence-electron chi connectivity index (χ1n) is 10.5. The Bertz CT molecular complexity index is 1150. The van der Waals surface area contributed by atoms with Crippen molar-refractivity contribution >= 4 is 27.7 Å². The molecule has 1 amide bonds. The van der Waals surface area contributed by atoms with Crippen LogP contribution in [0.5, 0.6) is 5.75 Å². The molecule has 3 rings (SSSR count). The van der Waals surface area contributed by atoms with E-state index in [-0.39, 0.29) is 29.5 Å². The second-order valence-corrected chi connectivity index (χ2v) is 10.2. The van der Waals surface area contributed by atoms with Gasteiger partial charge in [0.2, 0.25) is 10.0 Å². The molecule has 0 aliphatic rings. The number of carbonyl (C=O) groups excluding carboxylic acids is 1. The molecule has 0 heterocycles. The van der Waals surface area contributed by atoms with Gasteiger partial charge in [-0.15, -0.1) is 11.8 Å². The maximum absolute atomic E-state index is 12.7. The Morgan fingerprint density at radius 2 is 1.48 bits per heavy atom. The molecule has 0 spiro atoms. The summed E-state index contributed by atoms with van der Waals surface area (Å²) in [5.74, 6) is 0.156. The van der Waals surface area contributed by atoms with E-state index in [1.165, 1.54) is 12.1 Å². The van der Waals surface area contributed by atoms with Crippen LogP contribution in [0.2, 0.25) is 0 Å². The molecule has 174 valence electrons. The minimum Gasteiger partial charge on any atom is -0.484 e. The summed E-state index contributed by atoms with van der Waals surface area (Å²) in [6.07, 6.45) is 2.02. The molecule has 0 saturated heterocycles. The van der Waals surface area contributed by atoms with Crippen LogP contribution in [0.15, 0.2) is 88.7 Å². The van der Waals surface area contributed by atoms with Gasteiger partial charge in [0.15, 0.2) is 6.61 Å².